The van der Waals surface area contributed by atoms with Gasteiger partial charge in [0.05, 0.1) is 13.5 Å². The van der Waals surface area contributed by atoms with Crippen LogP contribution in [0.2, 0.25) is 0 Å². The largest absolute Gasteiger partial charge is 0.469 e. The van der Waals surface area contributed by atoms with Crippen LogP contribution in [0.15, 0.2) is 71.1 Å². The molecule has 0 radical (unpaired) electrons. The highest BCUT2D eigenvalue weighted by Gasteiger charge is 2.21. The third-order valence-corrected chi connectivity index (χ3v) is 4.26. The van der Waals surface area contributed by atoms with Crippen molar-refractivity contribution in [2.45, 2.75) is 13.0 Å². The molecule has 3 aromatic rings. The number of esters is 1. The van der Waals surface area contributed by atoms with Gasteiger partial charge in [0, 0.05) is 18.7 Å². The van der Waals surface area contributed by atoms with Gasteiger partial charge in [-0.05, 0) is 42.0 Å². The predicted molar refractivity (Wildman–Crippen MR) is 102 cm³/mol. The Kier molecular flexibility index (Phi) is 6.22. The van der Waals surface area contributed by atoms with E-state index in [1.54, 1.807) is 29.2 Å². The molecule has 0 spiro atoms. The molecule has 3 rings (SSSR count). The number of halogens is 1. The molecule has 0 atom stereocenters. The van der Waals surface area contributed by atoms with Crippen molar-refractivity contribution in [3.63, 3.8) is 0 Å². The van der Waals surface area contributed by atoms with E-state index < -0.39 is 5.97 Å². The van der Waals surface area contributed by atoms with E-state index in [1.807, 2.05) is 30.3 Å². The summed E-state index contributed by atoms with van der Waals surface area (Å²) in [6.07, 6.45) is 0.0839. The van der Waals surface area contributed by atoms with Gasteiger partial charge in [0.15, 0.2) is 5.76 Å². The second-order valence-corrected chi connectivity index (χ2v) is 6.21. The molecule has 0 saturated carbocycles. The van der Waals surface area contributed by atoms with Gasteiger partial charge >= 0.3 is 5.97 Å². The van der Waals surface area contributed by atoms with Crippen LogP contribution < -0.4 is 0 Å². The minimum atomic E-state index is -0.391. The van der Waals surface area contributed by atoms with Crippen LogP contribution in [0.5, 0.6) is 0 Å². The van der Waals surface area contributed by atoms with Crippen molar-refractivity contribution >= 4 is 11.9 Å². The number of rotatable bonds is 7. The third-order valence-electron chi connectivity index (χ3n) is 4.26. The van der Waals surface area contributed by atoms with E-state index in [2.05, 4.69) is 4.74 Å². The number of nitrogens with zero attached hydrogens (tertiary/aromatic N) is 1. The Morgan fingerprint density at radius 1 is 1.00 bits per heavy atom. The average molecular weight is 381 g/mol. The quantitative estimate of drug-likeness (QED) is 0.573. The first-order valence-corrected chi connectivity index (χ1v) is 8.82. The van der Waals surface area contributed by atoms with Gasteiger partial charge in [-0.15, -0.1) is 0 Å². The number of hydrogen-bond donors (Lipinski definition) is 0. The lowest BCUT2D eigenvalue weighted by atomic mass is 10.2. The lowest BCUT2D eigenvalue weighted by Crippen LogP contribution is -2.32. The van der Waals surface area contributed by atoms with Crippen LogP contribution in [0.3, 0.4) is 0 Å². The Bertz CT molecular complexity index is 935. The molecule has 1 amide bonds. The monoisotopic (exact) mass is 381 g/mol. The van der Waals surface area contributed by atoms with Gasteiger partial charge in [-0.2, -0.15) is 0 Å². The first kappa shape index (κ1) is 19.4. The van der Waals surface area contributed by atoms with Crippen molar-refractivity contribution in [1.29, 1.82) is 0 Å². The molecule has 1 heterocycles. The first-order chi connectivity index (χ1) is 13.6. The fraction of sp³-hybridized carbons (Fsp3) is 0.182. The van der Waals surface area contributed by atoms with Crippen LogP contribution in [-0.4, -0.2) is 30.4 Å². The Morgan fingerprint density at radius 3 is 2.39 bits per heavy atom. The zero-order valence-corrected chi connectivity index (χ0v) is 15.4. The minimum Gasteiger partial charge on any atom is -0.469 e. The molecular formula is C22H20FNO4. The lowest BCUT2D eigenvalue weighted by Gasteiger charge is -2.21. The fourth-order valence-corrected chi connectivity index (χ4v) is 2.76. The molecule has 0 aliphatic heterocycles. The Hall–Kier alpha value is -3.41. The van der Waals surface area contributed by atoms with Crippen LogP contribution in [-0.2, 0) is 16.1 Å². The van der Waals surface area contributed by atoms with Gasteiger partial charge in [0.25, 0.3) is 5.91 Å². The van der Waals surface area contributed by atoms with Crippen LogP contribution in [0.4, 0.5) is 4.39 Å². The normalized spacial score (nSPS) is 10.5. The summed E-state index contributed by atoms with van der Waals surface area (Å²) in [6, 6.07) is 18.6. The molecule has 1 aromatic heterocycles. The highest BCUT2D eigenvalue weighted by atomic mass is 19.1. The minimum absolute atomic E-state index is 0.0839. The number of furan rings is 1. The van der Waals surface area contributed by atoms with E-state index in [0.29, 0.717) is 17.9 Å². The molecule has 0 fully saturated rings. The summed E-state index contributed by atoms with van der Waals surface area (Å²) in [7, 11) is 1.31. The van der Waals surface area contributed by atoms with Crippen LogP contribution in [0, 0.1) is 5.82 Å². The van der Waals surface area contributed by atoms with E-state index in [9.17, 15) is 14.0 Å². The molecule has 144 valence electrons. The number of methoxy groups -OCH3 is 1. The molecule has 0 unspecified atom stereocenters. The van der Waals surface area contributed by atoms with E-state index in [-0.39, 0.29) is 30.5 Å². The zero-order valence-electron chi connectivity index (χ0n) is 15.4. The first-order valence-electron chi connectivity index (χ1n) is 8.82. The summed E-state index contributed by atoms with van der Waals surface area (Å²) in [5.74, 6) is -0.446. The SMILES string of the molecule is COC(=O)CCN(Cc1ccccc1)C(=O)c1ccc(-c2ccc(F)cc2)o1. The van der Waals surface area contributed by atoms with Crippen LogP contribution in [0.25, 0.3) is 11.3 Å². The Labute approximate surface area is 162 Å². The van der Waals surface area contributed by atoms with E-state index in [4.69, 9.17) is 4.42 Å². The number of benzene rings is 2. The molecule has 0 saturated heterocycles. The maximum Gasteiger partial charge on any atom is 0.307 e. The van der Waals surface area contributed by atoms with Crippen molar-refractivity contribution in [3.05, 3.63) is 83.9 Å². The predicted octanol–water partition coefficient (Wildman–Crippen LogP) is 4.29. The second kappa shape index (κ2) is 8.99. The molecule has 0 N–H and O–H groups in total. The topological polar surface area (TPSA) is 59.8 Å². The number of carbonyl (C=O) groups excluding carboxylic acids is 2. The summed E-state index contributed by atoms with van der Waals surface area (Å²) in [4.78, 5) is 26.0. The molecule has 6 heteroatoms. The lowest BCUT2D eigenvalue weighted by molar-refractivity contribution is -0.140. The van der Waals surface area contributed by atoms with Gasteiger partial charge in [0.1, 0.15) is 11.6 Å². The van der Waals surface area contributed by atoms with Gasteiger partial charge in [-0.1, -0.05) is 30.3 Å². The molecule has 0 aliphatic carbocycles. The van der Waals surface area contributed by atoms with Gasteiger partial charge in [-0.25, -0.2) is 4.39 Å². The number of carbonyl (C=O) groups is 2. The van der Waals surface area contributed by atoms with Crippen LogP contribution in [0.1, 0.15) is 22.5 Å². The van der Waals surface area contributed by atoms with Crippen molar-refractivity contribution in [1.82, 2.24) is 4.90 Å². The fourth-order valence-electron chi connectivity index (χ4n) is 2.76. The number of ether oxygens (including phenoxy) is 1. The summed E-state index contributed by atoms with van der Waals surface area (Å²) in [5, 5.41) is 0. The molecule has 28 heavy (non-hydrogen) atoms. The van der Waals surface area contributed by atoms with Gasteiger partial charge in [-0.3, -0.25) is 9.59 Å². The Morgan fingerprint density at radius 2 is 1.71 bits per heavy atom. The van der Waals surface area contributed by atoms with E-state index in [0.717, 1.165) is 5.56 Å². The maximum absolute atomic E-state index is 13.1. The molecule has 5 nitrogen and oxygen atoms in total. The van der Waals surface area contributed by atoms with Gasteiger partial charge in [0.2, 0.25) is 0 Å². The van der Waals surface area contributed by atoms with Crippen molar-refractivity contribution in [2.24, 2.45) is 0 Å². The highest BCUT2D eigenvalue weighted by Crippen LogP contribution is 2.23. The van der Waals surface area contributed by atoms with Crippen molar-refractivity contribution in [3.8, 4) is 11.3 Å². The molecule has 2 aromatic carbocycles. The second-order valence-electron chi connectivity index (χ2n) is 6.21. The molecule has 0 bridgehead atoms. The summed E-state index contributed by atoms with van der Waals surface area (Å²) in [5.41, 5.74) is 1.61. The molecular weight excluding hydrogens is 361 g/mol. The van der Waals surface area contributed by atoms with E-state index >= 15 is 0 Å². The highest BCUT2D eigenvalue weighted by molar-refractivity contribution is 5.92. The third kappa shape index (κ3) is 4.85. The number of hydrogen-bond acceptors (Lipinski definition) is 4. The molecule has 0 aliphatic rings. The zero-order chi connectivity index (χ0) is 19.9. The van der Waals surface area contributed by atoms with Crippen molar-refractivity contribution in [2.75, 3.05) is 13.7 Å². The maximum atomic E-state index is 13.1. The summed E-state index contributed by atoms with van der Waals surface area (Å²) in [6.45, 7) is 0.538. The summed E-state index contributed by atoms with van der Waals surface area (Å²) >= 11 is 0. The standard InChI is InChI=1S/C22H20FNO4/c1-27-21(25)13-14-24(15-16-5-3-2-4-6-16)22(26)20-12-11-19(28-20)17-7-9-18(23)10-8-17/h2-12H,13-15H2,1H3. The van der Waals surface area contributed by atoms with Gasteiger partial charge < -0.3 is 14.1 Å². The van der Waals surface area contributed by atoms with Crippen LogP contribution >= 0.6 is 0 Å². The van der Waals surface area contributed by atoms with E-state index in [1.165, 1.54) is 19.2 Å². The Balaban J connectivity index is 1.79. The average Bonchev–Trinajstić information content (AvgIpc) is 3.21. The number of amides is 1. The van der Waals surface area contributed by atoms with Crippen molar-refractivity contribution < 1.29 is 23.1 Å². The smallest absolute Gasteiger partial charge is 0.307 e. The summed E-state index contributed by atoms with van der Waals surface area (Å²) < 4.78 is 23.5.